The first-order valence-corrected chi connectivity index (χ1v) is 51.5. The molecular formula is C127H149N11O9. The van der Waals surface area contributed by atoms with Crippen LogP contribution in [0.5, 0.6) is 5.75 Å². The minimum absolute atomic E-state index is 0.00209. The number of anilines is 7. The number of likely N-dealkylation sites (N-methyl/N-ethyl adjacent to an activating group) is 1. The van der Waals surface area contributed by atoms with E-state index in [0.29, 0.717) is 49.7 Å². The Balaban J connectivity index is 0.000000147. The number of amides is 6. The van der Waals surface area contributed by atoms with Gasteiger partial charge in [0.1, 0.15) is 16.8 Å². The molecule has 0 unspecified atom stereocenters. The van der Waals surface area contributed by atoms with Crippen LogP contribution < -0.4 is 41.5 Å². The molecule has 0 radical (unpaired) electrons. The number of ether oxygens (including phenoxy) is 1. The average Bonchev–Trinajstić information content (AvgIpc) is 1.68. The smallest absolute Gasteiger partial charge is 0.224 e. The summed E-state index contributed by atoms with van der Waals surface area (Å²) >= 11 is 0. The summed E-state index contributed by atoms with van der Waals surface area (Å²) in [4.78, 5) is 83.6. The fraction of sp³-hybridized carbons (Fsp3) is 0.339. The van der Waals surface area contributed by atoms with Crippen molar-refractivity contribution in [3.8, 4) is 5.75 Å². The number of nitrogens with one attached hydrogen (secondary N) is 6. The van der Waals surface area contributed by atoms with Gasteiger partial charge < -0.3 is 59.5 Å². The predicted octanol–water partition coefficient (Wildman–Crippen LogP) is 28.5. The van der Waals surface area contributed by atoms with E-state index in [1.165, 1.54) is 102 Å². The summed E-state index contributed by atoms with van der Waals surface area (Å²) in [5.74, 6) is 1.15. The van der Waals surface area contributed by atoms with Gasteiger partial charge in [-0.05, 0) is 270 Å². The number of hydrogen-bond acceptors (Lipinski definition) is 12. The van der Waals surface area contributed by atoms with E-state index >= 15 is 0 Å². The lowest BCUT2D eigenvalue weighted by molar-refractivity contribution is -0.117. The maximum absolute atomic E-state index is 12.3. The number of hydrogen-bond donors (Lipinski definition) is 6. The lowest BCUT2D eigenvalue weighted by Crippen LogP contribution is -2.13. The first-order chi connectivity index (χ1) is 69.7. The molecule has 147 heavy (non-hydrogen) atoms. The molecule has 16 aromatic rings. The molecule has 20 heteroatoms. The molecule has 6 N–H and O–H groups in total. The summed E-state index contributed by atoms with van der Waals surface area (Å²) in [6.07, 6.45) is 16.2. The molecule has 6 amide bonds. The van der Waals surface area contributed by atoms with Crippen molar-refractivity contribution in [2.45, 2.75) is 247 Å². The first kappa shape index (κ1) is 109. The van der Waals surface area contributed by atoms with E-state index in [-0.39, 0.29) is 67.9 Å². The van der Waals surface area contributed by atoms with Gasteiger partial charge in [-0.15, -0.1) is 0 Å². The number of aromatic nitrogens is 4. The van der Waals surface area contributed by atoms with Gasteiger partial charge in [-0.1, -0.05) is 276 Å². The fourth-order valence-corrected chi connectivity index (χ4v) is 17.4. The number of carbonyl (C=O) groups excluding carboxylic acids is 6. The van der Waals surface area contributed by atoms with Crippen LogP contribution in [0, 0.1) is 0 Å². The maximum Gasteiger partial charge on any atom is 0.224 e. The monoisotopic (exact) mass is 1970 g/mol. The Hall–Kier alpha value is -14.9. The molecule has 4 aromatic heterocycles. The molecule has 0 fully saturated rings. The molecule has 0 saturated heterocycles. The van der Waals surface area contributed by atoms with Crippen LogP contribution >= 0.6 is 0 Å². The van der Waals surface area contributed by atoms with Crippen LogP contribution in [0.1, 0.15) is 241 Å². The number of carbonyl (C=O) groups is 6. The standard InChI is InChI=1S/C22H26N2O.C22H28N2O.C22H26N2O.C21H25NO2.2C20H22N2O2/c1-22(2,3)18-9-5-16(6-10-18)7-12-21(25)23-19-11-8-17-13-14-24(4)20(17)15-19;2*1-22(2,3)18-8-5-16(6-9-18)7-12-21(25)23-19-10-11-20-17(15-19)13-14-24(20)4;1-21(2,3)17-7-4-15(5-8-17)6-11-20(23)22-18-9-10-19-16(14-18)12-13-24-19;1-20(2,3)15-7-4-14(5-8-15)6-11-19(23)22-16-9-10-18-17(12-16)21-13-24-18;1-20(2,3)15-7-4-14(5-8-15)6-11-19(23)22-16-9-10-17-18(12-16)24-13-21-17/h5-6,8-11,13-15H,7,12H2,1-4H3,(H,23,25);5-6,8-11,15H,7,12-14H2,1-4H3,(H,23,25);5-6,8-11,13-15H,7,12H2,1-4H3,(H,23,25);4-5,7-10,14H,6,11-13H2,1-3H3,(H,22,23);2*4-5,7-10,12-13H,6,11H2,1-3H3,(H,22,23). The number of nitrogens with zero attached hydrogens (tertiary/aromatic N) is 5. The molecule has 0 aliphatic carbocycles. The van der Waals surface area contributed by atoms with Gasteiger partial charge in [0.15, 0.2) is 24.0 Å². The van der Waals surface area contributed by atoms with E-state index < -0.39 is 0 Å². The molecule has 20 nitrogen and oxygen atoms in total. The van der Waals surface area contributed by atoms with Gasteiger partial charge in [0, 0.05) is 147 Å². The van der Waals surface area contributed by atoms with Gasteiger partial charge in [-0.3, -0.25) is 28.8 Å². The van der Waals surface area contributed by atoms with E-state index in [1.807, 2.05) is 117 Å². The molecule has 0 spiro atoms. The van der Waals surface area contributed by atoms with Crippen LogP contribution in [-0.4, -0.2) is 74.7 Å². The molecule has 18 rings (SSSR count). The highest BCUT2D eigenvalue weighted by Crippen LogP contribution is 2.35. The summed E-state index contributed by atoms with van der Waals surface area (Å²) in [5, 5.41) is 20.2. The maximum atomic E-state index is 12.3. The third-order valence-electron chi connectivity index (χ3n) is 26.8. The summed E-state index contributed by atoms with van der Waals surface area (Å²) in [5.41, 5.74) is 29.8. The van der Waals surface area contributed by atoms with E-state index in [0.717, 1.165) is 132 Å². The lowest BCUT2D eigenvalue weighted by Gasteiger charge is -2.19. The van der Waals surface area contributed by atoms with Gasteiger partial charge >= 0.3 is 0 Å². The molecule has 12 aromatic carbocycles. The Morgan fingerprint density at radius 2 is 0.599 bits per heavy atom. The normalized spacial score (nSPS) is 12.3. The molecule has 0 saturated carbocycles. The van der Waals surface area contributed by atoms with Crippen molar-refractivity contribution < 1.29 is 42.3 Å². The van der Waals surface area contributed by atoms with Crippen molar-refractivity contribution in [2.75, 3.05) is 57.0 Å². The van der Waals surface area contributed by atoms with Crippen molar-refractivity contribution in [1.29, 1.82) is 0 Å². The first-order valence-electron chi connectivity index (χ1n) is 51.5. The average molecular weight is 1970 g/mol. The number of aryl methyl sites for hydroxylation is 8. The van der Waals surface area contributed by atoms with Crippen LogP contribution in [0.25, 0.3) is 44.0 Å². The van der Waals surface area contributed by atoms with E-state index in [9.17, 15) is 28.8 Å². The minimum atomic E-state index is -0.00577. The van der Waals surface area contributed by atoms with Crippen LogP contribution in [0.3, 0.4) is 0 Å². The third kappa shape index (κ3) is 32.8. The number of rotatable bonds is 24. The second-order valence-electron chi connectivity index (χ2n) is 44.9. The number of fused-ring (bicyclic) bond motifs is 6. The Labute approximate surface area is 869 Å². The van der Waals surface area contributed by atoms with E-state index in [1.54, 1.807) is 6.07 Å². The second kappa shape index (κ2) is 48.9. The summed E-state index contributed by atoms with van der Waals surface area (Å²) < 4.78 is 20.1. The fourth-order valence-electron chi connectivity index (χ4n) is 17.4. The van der Waals surface area contributed by atoms with Crippen molar-refractivity contribution >= 4 is 119 Å². The van der Waals surface area contributed by atoms with Crippen LogP contribution in [0.2, 0.25) is 0 Å². The zero-order valence-electron chi connectivity index (χ0n) is 89.9. The molecule has 2 aliphatic heterocycles. The molecule has 0 atom stereocenters. The Bertz CT molecular complexity index is 7000. The Kier molecular flexibility index (Phi) is 36.3. The second-order valence-corrected chi connectivity index (χ2v) is 44.9. The van der Waals surface area contributed by atoms with Gasteiger partial charge in [0.2, 0.25) is 35.4 Å². The van der Waals surface area contributed by atoms with E-state index in [2.05, 4.69) is 357 Å². The van der Waals surface area contributed by atoms with Crippen LogP contribution in [0.4, 0.5) is 39.8 Å². The molecule has 0 bridgehead atoms. The summed E-state index contributed by atoms with van der Waals surface area (Å²) in [6, 6.07) is 90.5. The van der Waals surface area contributed by atoms with Crippen molar-refractivity contribution in [2.24, 2.45) is 14.1 Å². The number of oxazole rings is 2. The van der Waals surface area contributed by atoms with Gasteiger partial charge in [-0.2, -0.15) is 0 Å². The Morgan fingerprint density at radius 3 is 1.00 bits per heavy atom. The highest BCUT2D eigenvalue weighted by molar-refractivity contribution is 5.97. The minimum Gasteiger partial charge on any atom is -0.493 e. The quantitative estimate of drug-likeness (QED) is 0.0331. The van der Waals surface area contributed by atoms with Crippen molar-refractivity contribution in [3.05, 3.63) is 370 Å². The highest BCUT2D eigenvalue weighted by Gasteiger charge is 2.24. The van der Waals surface area contributed by atoms with Gasteiger partial charge in [0.25, 0.3) is 0 Å². The third-order valence-corrected chi connectivity index (χ3v) is 26.8. The SMILES string of the molecule is CC(C)(C)c1ccc(CCC(=O)Nc2ccc3c(c2)CCO3)cc1.CC(C)(C)c1ccc(CCC(=O)Nc2ccc3ncoc3c2)cc1.CC(C)(C)c1ccc(CCC(=O)Nc2ccc3ocnc3c2)cc1.CN1CCc2cc(NC(=O)CCc3ccc(C(C)(C)C)cc3)ccc21.Cn1ccc2cc(NC(=O)CCc3ccc(C(C)(C)C)cc3)ccc21.Cn1ccc2ccc(NC(=O)CCc3ccc(C(C)(C)C)cc3)cc21. The lowest BCUT2D eigenvalue weighted by atomic mass is 9.86. The van der Waals surface area contributed by atoms with Crippen molar-refractivity contribution in [1.82, 2.24) is 19.1 Å². The van der Waals surface area contributed by atoms with E-state index in [4.69, 9.17) is 13.6 Å². The van der Waals surface area contributed by atoms with Gasteiger partial charge in [0.05, 0.1) is 6.61 Å². The number of benzene rings is 12. The largest absolute Gasteiger partial charge is 0.493 e. The van der Waals surface area contributed by atoms with Gasteiger partial charge in [-0.25, -0.2) is 9.97 Å². The van der Waals surface area contributed by atoms with Crippen LogP contribution in [0.15, 0.2) is 301 Å². The summed E-state index contributed by atoms with van der Waals surface area (Å²) in [7, 11) is 6.13. The zero-order chi connectivity index (χ0) is 106. The molecule has 6 heterocycles. The summed E-state index contributed by atoms with van der Waals surface area (Å²) in [6.45, 7) is 41.5. The molecule has 766 valence electrons. The Morgan fingerprint density at radius 1 is 0.286 bits per heavy atom. The molecule has 2 aliphatic rings. The predicted molar refractivity (Wildman–Crippen MR) is 605 cm³/mol. The zero-order valence-corrected chi connectivity index (χ0v) is 89.9. The van der Waals surface area contributed by atoms with Crippen molar-refractivity contribution in [3.63, 3.8) is 0 Å². The topological polar surface area (TPSA) is 249 Å². The van der Waals surface area contributed by atoms with Crippen LogP contribution in [-0.2, 0) is 127 Å². The highest BCUT2D eigenvalue weighted by atomic mass is 16.5. The molecular weight excluding hydrogens is 1820 g/mol.